The molecule has 0 radical (unpaired) electrons. The maximum absolute atomic E-state index is 12.7. The smallest absolute Gasteiger partial charge is 0.462 e. The van der Waals surface area contributed by atoms with E-state index in [4.69, 9.17) is 18.5 Å². The average molecular weight is 850 g/mol. The first kappa shape index (κ1) is 56.7. The number of unbranched alkanes of at least 4 members (excludes halogenated alkanes) is 19. The fourth-order valence-electron chi connectivity index (χ4n) is 6.14. The van der Waals surface area contributed by atoms with Gasteiger partial charge in [0.25, 0.3) is 0 Å². The van der Waals surface area contributed by atoms with E-state index in [2.05, 4.69) is 74.6 Å². The third kappa shape index (κ3) is 45.1. The number of allylic oxidation sites excluding steroid dienone is 10. The highest BCUT2D eigenvalue weighted by Gasteiger charge is 2.26. The lowest BCUT2D eigenvalue weighted by molar-refractivity contribution is -0.161. The molecule has 0 bridgehead atoms. The Hall–Kier alpha value is -2.29. The Morgan fingerprint density at radius 2 is 0.915 bits per heavy atom. The molecule has 2 unspecified atom stereocenters. The van der Waals surface area contributed by atoms with Crippen molar-refractivity contribution in [1.82, 2.24) is 4.90 Å². The zero-order valence-corrected chi connectivity index (χ0v) is 39.1. The molecule has 0 aliphatic carbocycles. The highest BCUT2D eigenvalue weighted by atomic mass is 31.2. The summed E-state index contributed by atoms with van der Waals surface area (Å²) >= 11 is 0. The summed E-state index contributed by atoms with van der Waals surface area (Å²) < 4.78 is 33.5. The van der Waals surface area contributed by atoms with Crippen LogP contribution in [0.25, 0.3) is 0 Å². The van der Waals surface area contributed by atoms with Gasteiger partial charge in [-0.25, -0.2) is 4.57 Å². The van der Waals surface area contributed by atoms with Crippen LogP contribution in [0.3, 0.4) is 0 Å². The molecule has 9 nitrogen and oxygen atoms in total. The SMILES string of the molecule is CCCCC/C=C\C/C=C\C/C=C\CCCCCCC(=O)OC(COC(=O)CCCCCCCCCCC/C=C\C/C=C\CCCCC)COP(=O)(O)OCCN(C)C. The minimum absolute atomic E-state index is 0.000242. The minimum atomic E-state index is -4.37. The van der Waals surface area contributed by atoms with E-state index in [1.54, 1.807) is 0 Å². The van der Waals surface area contributed by atoms with Crippen molar-refractivity contribution < 1.29 is 37.6 Å². The fourth-order valence-corrected chi connectivity index (χ4v) is 6.88. The lowest BCUT2D eigenvalue weighted by Gasteiger charge is -2.20. The summed E-state index contributed by atoms with van der Waals surface area (Å²) in [6.45, 7) is 4.24. The van der Waals surface area contributed by atoms with Gasteiger partial charge in [0.05, 0.1) is 13.2 Å². The van der Waals surface area contributed by atoms with Gasteiger partial charge in [0.2, 0.25) is 0 Å². The second kappa shape index (κ2) is 43.8. The number of carbonyl (C=O) groups excluding carboxylic acids is 2. The molecular weight excluding hydrogens is 762 g/mol. The first-order chi connectivity index (χ1) is 28.7. The summed E-state index contributed by atoms with van der Waals surface area (Å²) in [5, 5.41) is 0. The van der Waals surface area contributed by atoms with E-state index in [1.807, 2.05) is 19.0 Å². The maximum Gasteiger partial charge on any atom is 0.472 e. The number of nitrogens with zero attached hydrogens (tertiary/aromatic N) is 1. The van der Waals surface area contributed by atoms with E-state index in [-0.39, 0.29) is 32.0 Å². The Kier molecular flexibility index (Phi) is 42.1. The van der Waals surface area contributed by atoms with Crippen LogP contribution in [-0.2, 0) is 32.7 Å². The molecular formula is C49H88NO8P. The number of phosphoric acid groups is 1. The molecule has 1 N–H and O–H groups in total. The fraction of sp³-hybridized carbons (Fsp3) is 0.755. The Morgan fingerprint density at radius 3 is 1.36 bits per heavy atom. The Balaban J connectivity index is 4.29. The van der Waals surface area contributed by atoms with Gasteiger partial charge in [0.15, 0.2) is 6.10 Å². The maximum atomic E-state index is 12.7. The third-order valence-electron chi connectivity index (χ3n) is 9.80. The first-order valence-corrected chi connectivity index (χ1v) is 25.1. The predicted octanol–water partition coefficient (Wildman–Crippen LogP) is 13.9. The van der Waals surface area contributed by atoms with E-state index < -0.39 is 26.5 Å². The average Bonchev–Trinajstić information content (AvgIpc) is 3.20. The number of rotatable bonds is 43. The first-order valence-electron chi connectivity index (χ1n) is 23.6. The normalized spacial score (nSPS) is 13.9. The van der Waals surface area contributed by atoms with Crippen molar-refractivity contribution in [3.05, 3.63) is 60.8 Å². The highest BCUT2D eigenvalue weighted by Crippen LogP contribution is 2.43. The third-order valence-corrected chi connectivity index (χ3v) is 10.8. The van der Waals surface area contributed by atoms with Gasteiger partial charge in [-0.2, -0.15) is 0 Å². The van der Waals surface area contributed by atoms with Crippen molar-refractivity contribution in [2.24, 2.45) is 0 Å². The molecule has 0 saturated heterocycles. The number of carbonyl (C=O) groups is 2. The number of likely N-dealkylation sites (N-methyl/N-ethyl adjacent to an activating group) is 1. The van der Waals surface area contributed by atoms with E-state index in [1.165, 1.54) is 96.3 Å². The van der Waals surface area contributed by atoms with Gasteiger partial charge < -0.3 is 19.3 Å². The molecule has 10 heteroatoms. The van der Waals surface area contributed by atoms with Crippen molar-refractivity contribution >= 4 is 19.8 Å². The molecule has 342 valence electrons. The lowest BCUT2D eigenvalue weighted by atomic mass is 10.1. The van der Waals surface area contributed by atoms with Gasteiger partial charge in [-0.1, -0.05) is 158 Å². The molecule has 0 fully saturated rings. The standard InChI is InChI=1S/C49H88NO8P/c1-5-7-9-11-13-15-17-19-21-23-24-26-27-29-31-33-35-37-39-41-48(51)55-45-47(46-57-59(53,54)56-44-43-50(3)4)58-49(52)42-40-38-36-34-32-30-28-25-22-20-18-16-14-12-10-8-6-2/h13-16,19-22,28,30,47H,5-12,17-18,23-27,29,31-46H2,1-4H3,(H,53,54)/b15-13-,16-14-,21-19-,22-20-,30-28-. The summed E-state index contributed by atoms with van der Waals surface area (Å²) in [7, 11) is -0.731. The molecule has 0 aromatic rings. The molecule has 0 spiro atoms. The quantitative estimate of drug-likeness (QED) is 0.0277. The monoisotopic (exact) mass is 850 g/mol. The Bertz CT molecular complexity index is 1160. The zero-order valence-electron chi connectivity index (χ0n) is 38.2. The summed E-state index contributed by atoms with van der Waals surface area (Å²) in [6.07, 6.45) is 51.2. The lowest BCUT2D eigenvalue weighted by Crippen LogP contribution is -2.29. The van der Waals surface area contributed by atoms with Crippen LogP contribution < -0.4 is 0 Å². The van der Waals surface area contributed by atoms with Crippen molar-refractivity contribution in [1.29, 1.82) is 0 Å². The number of ether oxygens (including phenoxy) is 2. The number of phosphoric ester groups is 1. The molecule has 0 aliphatic rings. The molecule has 0 aliphatic heterocycles. The van der Waals surface area contributed by atoms with Crippen LogP contribution in [0.15, 0.2) is 60.8 Å². The van der Waals surface area contributed by atoms with Crippen molar-refractivity contribution in [3.63, 3.8) is 0 Å². The van der Waals surface area contributed by atoms with Crippen LogP contribution in [0.2, 0.25) is 0 Å². The van der Waals surface area contributed by atoms with E-state index in [9.17, 15) is 19.0 Å². The van der Waals surface area contributed by atoms with Gasteiger partial charge in [-0.15, -0.1) is 0 Å². The van der Waals surface area contributed by atoms with Crippen molar-refractivity contribution in [2.45, 2.75) is 200 Å². The van der Waals surface area contributed by atoms with Gasteiger partial charge in [0, 0.05) is 19.4 Å². The van der Waals surface area contributed by atoms with Crippen LogP contribution in [0, 0.1) is 0 Å². The predicted molar refractivity (Wildman–Crippen MR) is 247 cm³/mol. The van der Waals surface area contributed by atoms with E-state index in [0.717, 1.165) is 64.2 Å². The molecule has 0 rings (SSSR count). The molecule has 0 amide bonds. The highest BCUT2D eigenvalue weighted by molar-refractivity contribution is 7.47. The van der Waals surface area contributed by atoms with Crippen molar-refractivity contribution in [3.8, 4) is 0 Å². The molecule has 59 heavy (non-hydrogen) atoms. The second-order valence-electron chi connectivity index (χ2n) is 15.9. The van der Waals surface area contributed by atoms with E-state index in [0.29, 0.717) is 13.0 Å². The van der Waals surface area contributed by atoms with E-state index >= 15 is 0 Å². The van der Waals surface area contributed by atoms with Gasteiger partial charge >= 0.3 is 19.8 Å². The topological polar surface area (TPSA) is 112 Å². The summed E-state index contributed by atoms with van der Waals surface area (Å²) in [5.41, 5.74) is 0. The van der Waals surface area contributed by atoms with Crippen LogP contribution in [0.4, 0.5) is 0 Å². The molecule has 0 saturated carbocycles. The number of hydrogen-bond donors (Lipinski definition) is 1. The van der Waals surface area contributed by atoms with Gasteiger partial charge in [0.1, 0.15) is 6.61 Å². The molecule has 0 heterocycles. The Labute approximate surface area is 362 Å². The summed E-state index contributed by atoms with van der Waals surface area (Å²) in [5.74, 6) is -0.834. The minimum Gasteiger partial charge on any atom is -0.462 e. The largest absolute Gasteiger partial charge is 0.472 e. The van der Waals surface area contributed by atoms with Crippen LogP contribution in [-0.4, -0.2) is 68.3 Å². The summed E-state index contributed by atoms with van der Waals surface area (Å²) in [4.78, 5) is 37.1. The Morgan fingerprint density at radius 1 is 0.525 bits per heavy atom. The molecule has 0 aromatic heterocycles. The number of hydrogen-bond acceptors (Lipinski definition) is 8. The summed E-state index contributed by atoms with van der Waals surface area (Å²) in [6, 6.07) is 0. The zero-order chi connectivity index (χ0) is 43.3. The van der Waals surface area contributed by atoms with Crippen molar-refractivity contribution in [2.75, 3.05) is 40.5 Å². The van der Waals surface area contributed by atoms with Gasteiger partial charge in [-0.05, 0) is 97.6 Å². The molecule has 0 aromatic carbocycles. The van der Waals surface area contributed by atoms with Crippen LogP contribution >= 0.6 is 7.82 Å². The second-order valence-corrected chi connectivity index (χ2v) is 17.4. The molecule has 2 atom stereocenters. The van der Waals surface area contributed by atoms with Crippen LogP contribution in [0.5, 0.6) is 0 Å². The van der Waals surface area contributed by atoms with Crippen LogP contribution in [0.1, 0.15) is 194 Å². The number of esters is 2. The van der Waals surface area contributed by atoms with Gasteiger partial charge in [-0.3, -0.25) is 18.6 Å².